The van der Waals surface area contributed by atoms with E-state index < -0.39 is 15.6 Å². The molecule has 0 aromatic heterocycles. The Morgan fingerprint density at radius 2 is 1.67 bits per heavy atom. The van der Waals surface area contributed by atoms with Crippen molar-refractivity contribution in [3.8, 4) is 11.5 Å². The fraction of sp³-hybridized carbons (Fsp3) is 0.333. The van der Waals surface area contributed by atoms with Gasteiger partial charge in [-0.05, 0) is 50.1 Å². The van der Waals surface area contributed by atoms with Crippen LogP contribution in [0.25, 0.3) is 0 Å². The standard InChI is InChI=1S/C18H21NO4S/c1-13-6-4-5-7-17(13)24(20,21)19-18(2,3)14-8-9-15-16(12-14)23-11-10-22-15/h4-9,12,19H,10-11H2,1-3H3. The molecule has 0 fully saturated rings. The summed E-state index contributed by atoms with van der Waals surface area (Å²) in [5, 5.41) is 0. The second-order valence-electron chi connectivity index (χ2n) is 6.35. The van der Waals surface area contributed by atoms with Crippen LogP contribution in [-0.4, -0.2) is 21.6 Å². The maximum atomic E-state index is 12.8. The molecule has 0 radical (unpaired) electrons. The molecule has 0 unspecified atom stereocenters. The Morgan fingerprint density at radius 1 is 1.00 bits per heavy atom. The maximum absolute atomic E-state index is 12.8. The molecule has 2 aromatic rings. The van der Waals surface area contributed by atoms with Crippen LogP contribution in [0.3, 0.4) is 0 Å². The molecule has 1 N–H and O–H groups in total. The van der Waals surface area contributed by atoms with Crippen LogP contribution in [0.15, 0.2) is 47.4 Å². The van der Waals surface area contributed by atoms with Gasteiger partial charge in [0.1, 0.15) is 13.2 Å². The molecular weight excluding hydrogens is 326 g/mol. The summed E-state index contributed by atoms with van der Waals surface area (Å²) in [7, 11) is -3.64. The fourth-order valence-electron chi connectivity index (χ4n) is 2.74. The van der Waals surface area contributed by atoms with Crippen molar-refractivity contribution < 1.29 is 17.9 Å². The minimum atomic E-state index is -3.64. The monoisotopic (exact) mass is 347 g/mol. The van der Waals surface area contributed by atoms with Crippen molar-refractivity contribution in [3.63, 3.8) is 0 Å². The SMILES string of the molecule is Cc1ccccc1S(=O)(=O)NC(C)(C)c1ccc2c(c1)OCCO2. The van der Waals surface area contributed by atoms with Crippen molar-refractivity contribution in [3.05, 3.63) is 53.6 Å². The van der Waals surface area contributed by atoms with Gasteiger partial charge in [0.2, 0.25) is 10.0 Å². The van der Waals surface area contributed by atoms with Gasteiger partial charge in [0, 0.05) is 0 Å². The molecule has 0 aliphatic carbocycles. The molecule has 0 bridgehead atoms. The summed E-state index contributed by atoms with van der Waals surface area (Å²) in [4.78, 5) is 0.288. The second-order valence-corrected chi connectivity index (χ2v) is 8.01. The van der Waals surface area contributed by atoms with Crippen LogP contribution < -0.4 is 14.2 Å². The highest BCUT2D eigenvalue weighted by atomic mass is 32.2. The van der Waals surface area contributed by atoms with E-state index >= 15 is 0 Å². The van der Waals surface area contributed by atoms with Gasteiger partial charge in [-0.1, -0.05) is 24.3 Å². The van der Waals surface area contributed by atoms with Crippen LogP contribution in [0, 0.1) is 6.92 Å². The van der Waals surface area contributed by atoms with E-state index in [1.165, 1.54) is 0 Å². The van der Waals surface area contributed by atoms with Gasteiger partial charge in [-0.25, -0.2) is 13.1 Å². The summed E-state index contributed by atoms with van der Waals surface area (Å²) >= 11 is 0. The van der Waals surface area contributed by atoms with E-state index in [1.54, 1.807) is 25.1 Å². The van der Waals surface area contributed by atoms with Crippen molar-refractivity contribution in [1.29, 1.82) is 0 Å². The van der Waals surface area contributed by atoms with Crippen LogP contribution in [-0.2, 0) is 15.6 Å². The Morgan fingerprint density at radius 3 is 2.38 bits per heavy atom. The number of fused-ring (bicyclic) bond motifs is 1. The Kier molecular flexibility index (Phi) is 4.27. The number of benzene rings is 2. The Balaban J connectivity index is 1.92. The van der Waals surface area contributed by atoms with Crippen LogP contribution in [0.5, 0.6) is 11.5 Å². The third-order valence-electron chi connectivity index (χ3n) is 4.04. The highest BCUT2D eigenvalue weighted by molar-refractivity contribution is 7.89. The van der Waals surface area contributed by atoms with Crippen molar-refractivity contribution in [1.82, 2.24) is 4.72 Å². The number of rotatable bonds is 4. The molecule has 1 aliphatic rings. The van der Waals surface area contributed by atoms with Crippen LogP contribution in [0.1, 0.15) is 25.0 Å². The molecule has 0 amide bonds. The van der Waals surface area contributed by atoms with E-state index in [4.69, 9.17) is 9.47 Å². The smallest absolute Gasteiger partial charge is 0.241 e. The van der Waals surface area contributed by atoms with Gasteiger partial charge >= 0.3 is 0 Å². The van der Waals surface area contributed by atoms with E-state index in [1.807, 2.05) is 38.1 Å². The molecule has 0 atom stereocenters. The minimum Gasteiger partial charge on any atom is -0.486 e. The predicted octanol–water partition coefficient (Wildman–Crippen LogP) is 2.98. The fourth-order valence-corrected chi connectivity index (χ4v) is 4.39. The zero-order chi connectivity index (χ0) is 17.4. The Bertz CT molecular complexity index is 859. The van der Waals surface area contributed by atoms with Gasteiger partial charge in [-0.3, -0.25) is 0 Å². The first-order valence-electron chi connectivity index (χ1n) is 7.79. The number of nitrogens with one attached hydrogen (secondary N) is 1. The molecule has 3 rings (SSSR count). The van der Waals surface area contributed by atoms with Gasteiger partial charge < -0.3 is 9.47 Å². The largest absolute Gasteiger partial charge is 0.486 e. The lowest BCUT2D eigenvalue weighted by molar-refractivity contribution is 0.171. The maximum Gasteiger partial charge on any atom is 0.241 e. The van der Waals surface area contributed by atoms with E-state index in [0.29, 0.717) is 30.3 Å². The quantitative estimate of drug-likeness (QED) is 0.923. The molecule has 0 saturated carbocycles. The van der Waals surface area contributed by atoms with Crippen molar-refractivity contribution in [2.45, 2.75) is 31.2 Å². The lowest BCUT2D eigenvalue weighted by Gasteiger charge is -2.28. The molecule has 0 saturated heterocycles. The average Bonchev–Trinajstić information content (AvgIpc) is 2.53. The average molecular weight is 347 g/mol. The topological polar surface area (TPSA) is 64.6 Å². The molecule has 128 valence electrons. The van der Waals surface area contributed by atoms with E-state index in [-0.39, 0.29) is 4.90 Å². The number of sulfonamides is 1. The highest BCUT2D eigenvalue weighted by Gasteiger charge is 2.30. The zero-order valence-corrected chi connectivity index (χ0v) is 14.8. The van der Waals surface area contributed by atoms with Crippen molar-refractivity contribution in [2.75, 3.05) is 13.2 Å². The van der Waals surface area contributed by atoms with Crippen LogP contribution in [0.4, 0.5) is 0 Å². The minimum absolute atomic E-state index is 0.288. The van der Waals surface area contributed by atoms with Gasteiger partial charge in [0.05, 0.1) is 10.4 Å². The molecule has 2 aromatic carbocycles. The van der Waals surface area contributed by atoms with Crippen molar-refractivity contribution >= 4 is 10.0 Å². The molecule has 1 aliphatic heterocycles. The van der Waals surface area contributed by atoms with Gasteiger partial charge in [0.25, 0.3) is 0 Å². The summed E-state index contributed by atoms with van der Waals surface area (Å²) in [6.07, 6.45) is 0. The predicted molar refractivity (Wildman–Crippen MR) is 92.0 cm³/mol. The van der Waals surface area contributed by atoms with E-state index in [0.717, 1.165) is 5.56 Å². The first-order chi connectivity index (χ1) is 11.3. The summed E-state index contributed by atoms with van der Waals surface area (Å²) in [5.74, 6) is 1.32. The summed E-state index contributed by atoms with van der Waals surface area (Å²) in [5.41, 5.74) is 0.726. The molecule has 5 nitrogen and oxygen atoms in total. The lowest BCUT2D eigenvalue weighted by atomic mass is 9.95. The summed E-state index contributed by atoms with van der Waals surface area (Å²) in [6, 6.07) is 12.4. The summed E-state index contributed by atoms with van der Waals surface area (Å²) in [6.45, 7) is 6.45. The Hall–Kier alpha value is -2.05. The third kappa shape index (κ3) is 3.25. The van der Waals surface area contributed by atoms with E-state index in [2.05, 4.69) is 4.72 Å². The number of ether oxygens (including phenoxy) is 2. The zero-order valence-electron chi connectivity index (χ0n) is 14.0. The van der Waals surface area contributed by atoms with E-state index in [9.17, 15) is 8.42 Å². The molecule has 6 heteroatoms. The van der Waals surface area contributed by atoms with Gasteiger partial charge in [-0.2, -0.15) is 0 Å². The number of hydrogen-bond donors (Lipinski definition) is 1. The number of aryl methyl sites for hydroxylation is 1. The first-order valence-corrected chi connectivity index (χ1v) is 9.28. The molecular formula is C18H21NO4S. The van der Waals surface area contributed by atoms with Crippen LogP contribution in [0.2, 0.25) is 0 Å². The first kappa shape index (κ1) is 16.8. The Labute approximate surface area is 142 Å². The molecule has 1 heterocycles. The third-order valence-corrected chi connectivity index (χ3v) is 5.85. The van der Waals surface area contributed by atoms with Crippen LogP contribution >= 0.6 is 0 Å². The lowest BCUT2D eigenvalue weighted by Crippen LogP contribution is -2.41. The summed E-state index contributed by atoms with van der Waals surface area (Å²) < 4.78 is 39.4. The number of hydrogen-bond acceptors (Lipinski definition) is 4. The van der Waals surface area contributed by atoms with Gasteiger partial charge in [-0.15, -0.1) is 0 Å². The van der Waals surface area contributed by atoms with Crippen molar-refractivity contribution in [2.24, 2.45) is 0 Å². The molecule has 24 heavy (non-hydrogen) atoms. The second kappa shape index (κ2) is 6.11. The highest BCUT2D eigenvalue weighted by Crippen LogP contribution is 2.35. The normalized spacial score (nSPS) is 14.5. The van der Waals surface area contributed by atoms with Gasteiger partial charge in [0.15, 0.2) is 11.5 Å². The molecule has 0 spiro atoms.